The summed E-state index contributed by atoms with van der Waals surface area (Å²) in [6.07, 6.45) is -4.57. The van der Waals surface area contributed by atoms with Gasteiger partial charge in [0.05, 0.1) is 16.8 Å². The van der Waals surface area contributed by atoms with Gasteiger partial charge < -0.3 is 10.4 Å². The van der Waals surface area contributed by atoms with E-state index < -0.39 is 17.6 Å². The Morgan fingerprint density at radius 2 is 1.81 bits per heavy atom. The minimum Gasteiger partial charge on any atom is -0.507 e. The lowest BCUT2D eigenvalue weighted by atomic mass is 10.1. The Labute approximate surface area is 119 Å². The SMILES string of the molecule is Cc1ccc(C(=O)Nc2ccccc2C(F)(F)F)c(O)c1. The Morgan fingerprint density at radius 3 is 2.43 bits per heavy atom. The highest BCUT2D eigenvalue weighted by molar-refractivity contribution is 6.06. The van der Waals surface area contributed by atoms with Gasteiger partial charge in [-0.15, -0.1) is 0 Å². The van der Waals surface area contributed by atoms with Crippen molar-refractivity contribution in [3.8, 4) is 5.75 Å². The number of carbonyl (C=O) groups excluding carboxylic acids is 1. The molecule has 0 radical (unpaired) electrons. The zero-order valence-corrected chi connectivity index (χ0v) is 11.0. The first-order valence-electron chi connectivity index (χ1n) is 6.06. The molecule has 3 nitrogen and oxygen atoms in total. The van der Waals surface area contributed by atoms with Crippen molar-refractivity contribution in [2.45, 2.75) is 13.1 Å². The van der Waals surface area contributed by atoms with Crippen LogP contribution in [0.3, 0.4) is 0 Å². The molecule has 0 atom stereocenters. The number of nitrogens with one attached hydrogen (secondary N) is 1. The fourth-order valence-electron chi connectivity index (χ4n) is 1.86. The maximum absolute atomic E-state index is 12.8. The van der Waals surface area contributed by atoms with Crippen LogP contribution in [0.25, 0.3) is 0 Å². The van der Waals surface area contributed by atoms with Gasteiger partial charge in [0.2, 0.25) is 0 Å². The topological polar surface area (TPSA) is 49.3 Å². The summed E-state index contributed by atoms with van der Waals surface area (Å²) in [7, 11) is 0. The minimum atomic E-state index is -4.57. The van der Waals surface area contributed by atoms with Crippen LogP contribution in [0, 0.1) is 6.92 Å². The van der Waals surface area contributed by atoms with E-state index in [0.29, 0.717) is 0 Å². The highest BCUT2D eigenvalue weighted by Crippen LogP contribution is 2.35. The third-order valence-corrected chi connectivity index (χ3v) is 2.88. The molecule has 2 N–H and O–H groups in total. The molecule has 0 saturated carbocycles. The fraction of sp³-hybridized carbons (Fsp3) is 0.133. The van der Waals surface area contributed by atoms with Gasteiger partial charge >= 0.3 is 6.18 Å². The van der Waals surface area contributed by atoms with Crippen LogP contribution in [0.15, 0.2) is 42.5 Å². The molecule has 0 heterocycles. The number of carbonyl (C=O) groups is 1. The Balaban J connectivity index is 2.32. The largest absolute Gasteiger partial charge is 0.507 e. The number of anilines is 1. The standard InChI is InChI=1S/C15H12F3NO2/c1-9-6-7-10(13(20)8-9)14(21)19-12-5-3-2-4-11(12)15(16,17)18/h2-8,20H,1H3,(H,19,21). The molecule has 0 aliphatic rings. The van der Waals surface area contributed by atoms with E-state index in [1.54, 1.807) is 13.0 Å². The summed E-state index contributed by atoms with van der Waals surface area (Å²) >= 11 is 0. The quantitative estimate of drug-likeness (QED) is 0.880. The number of para-hydroxylation sites is 1. The van der Waals surface area contributed by atoms with E-state index in [0.717, 1.165) is 17.7 Å². The Hall–Kier alpha value is -2.50. The van der Waals surface area contributed by atoms with Crippen molar-refractivity contribution in [3.63, 3.8) is 0 Å². The number of halogens is 3. The highest BCUT2D eigenvalue weighted by atomic mass is 19.4. The van der Waals surface area contributed by atoms with E-state index in [2.05, 4.69) is 5.32 Å². The van der Waals surface area contributed by atoms with Crippen LogP contribution < -0.4 is 5.32 Å². The number of hydrogen-bond donors (Lipinski definition) is 2. The van der Waals surface area contributed by atoms with E-state index in [-0.39, 0.29) is 17.0 Å². The Bertz CT molecular complexity index is 681. The summed E-state index contributed by atoms with van der Waals surface area (Å²) in [6, 6.07) is 8.98. The van der Waals surface area contributed by atoms with Crippen LogP contribution in [0.2, 0.25) is 0 Å². The minimum absolute atomic E-state index is 0.0856. The van der Waals surface area contributed by atoms with Crippen molar-refractivity contribution in [3.05, 3.63) is 59.2 Å². The van der Waals surface area contributed by atoms with Crippen LogP contribution >= 0.6 is 0 Å². The predicted octanol–water partition coefficient (Wildman–Crippen LogP) is 3.97. The zero-order chi connectivity index (χ0) is 15.6. The summed E-state index contributed by atoms with van der Waals surface area (Å²) in [5, 5.41) is 11.9. The first-order valence-corrected chi connectivity index (χ1v) is 6.06. The molecule has 0 unspecified atom stereocenters. The molecule has 21 heavy (non-hydrogen) atoms. The van der Waals surface area contributed by atoms with Gasteiger partial charge in [-0.3, -0.25) is 4.79 Å². The average Bonchev–Trinajstić information content (AvgIpc) is 2.37. The first-order chi connectivity index (χ1) is 9.79. The van der Waals surface area contributed by atoms with Gasteiger partial charge in [-0.25, -0.2) is 0 Å². The summed E-state index contributed by atoms with van der Waals surface area (Å²) in [6.45, 7) is 1.72. The molecule has 6 heteroatoms. The molecule has 110 valence electrons. The molecule has 1 amide bonds. The van der Waals surface area contributed by atoms with E-state index in [9.17, 15) is 23.1 Å². The van der Waals surface area contributed by atoms with Gasteiger partial charge in [0.25, 0.3) is 5.91 Å². The third-order valence-electron chi connectivity index (χ3n) is 2.88. The number of aromatic hydroxyl groups is 1. The zero-order valence-electron chi connectivity index (χ0n) is 11.0. The molecule has 0 aliphatic carbocycles. The number of alkyl halides is 3. The molecule has 0 aliphatic heterocycles. The van der Waals surface area contributed by atoms with Gasteiger partial charge in [-0.05, 0) is 36.8 Å². The predicted molar refractivity (Wildman–Crippen MR) is 72.2 cm³/mol. The summed E-state index contributed by atoms with van der Waals surface area (Å²) in [4.78, 5) is 12.0. The number of hydrogen-bond acceptors (Lipinski definition) is 2. The van der Waals surface area contributed by atoms with E-state index in [1.807, 2.05) is 0 Å². The fourth-order valence-corrected chi connectivity index (χ4v) is 1.86. The summed E-state index contributed by atoms with van der Waals surface area (Å²) < 4.78 is 38.5. The molecular formula is C15H12F3NO2. The first kappa shape index (κ1) is 14.9. The third kappa shape index (κ3) is 3.34. The smallest absolute Gasteiger partial charge is 0.418 e. The monoisotopic (exact) mass is 295 g/mol. The molecule has 0 spiro atoms. The Kier molecular flexibility index (Phi) is 3.88. The summed E-state index contributed by atoms with van der Waals surface area (Å²) in [5.41, 5.74) is -0.641. The number of phenols is 1. The van der Waals surface area contributed by atoms with Crippen LogP contribution in [0.4, 0.5) is 18.9 Å². The lowest BCUT2D eigenvalue weighted by Gasteiger charge is -2.14. The molecule has 0 aromatic heterocycles. The molecule has 2 rings (SSSR count). The van der Waals surface area contributed by atoms with Gasteiger partial charge in [-0.2, -0.15) is 13.2 Å². The van der Waals surface area contributed by atoms with Crippen LogP contribution in [-0.2, 0) is 6.18 Å². The van der Waals surface area contributed by atoms with Gasteiger partial charge in [0, 0.05) is 0 Å². The number of aryl methyl sites for hydroxylation is 1. The van der Waals surface area contributed by atoms with Gasteiger partial charge in [0.15, 0.2) is 0 Å². The van der Waals surface area contributed by atoms with Crippen molar-refractivity contribution < 1.29 is 23.1 Å². The molecule has 0 bridgehead atoms. The van der Waals surface area contributed by atoms with Crippen LogP contribution in [-0.4, -0.2) is 11.0 Å². The maximum Gasteiger partial charge on any atom is 0.418 e. The van der Waals surface area contributed by atoms with E-state index in [4.69, 9.17) is 0 Å². The van der Waals surface area contributed by atoms with Crippen molar-refractivity contribution in [2.24, 2.45) is 0 Å². The molecule has 0 saturated heterocycles. The second-order valence-electron chi connectivity index (χ2n) is 4.52. The van der Waals surface area contributed by atoms with Crippen molar-refractivity contribution in [2.75, 3.05) is 5.32 Å². The van der Waals surface area contributed by atoms with E-state index >= 15 is 0 Å². The van der Waals surface area contributed by atoms with Gasteiger partial charge in [-0.1, -0.05) is 18.2 Å². The second-order valence-corrected chi connectivity index (χ2v) is 4.52. The molecular weight excluding hydrogens is 283 g/mol. The number of amides is 1. The average molecular weight is 295 g/mol. The number of rotatable bonds is 2. The van der Waals surface area contributed by atoms with Gasteiger partial charge in [0.1, 0.15) is 5.75 Å². The molecule has 2 aromatic rings. The lowest BCUT2D eigenvalue weighted by molar-refractivity contribution is -0.136. The maximum atomic E-state index is 12.8. The Morgan fingerprint density at radius 1 is 1.14 bits per heavy atom. The normalized spacial score (nSPS) is 11.2. The van der Waals surface area contributed by atoms with Crippen molar-refractivity contribution in [1.82, 2.24) is 0 Å². The lowest BCUT2D eigenvalue weighted by Crippen LogP contribution is -2.16. The number of benzene rings is 2. The number of phenolic OH excluding ortho intramolecular Hbond substituents is 1. The van der Waals surface area contributed by atoms with Crippen molar-refractivity contribution >= 4 is 11.6 Å². The van der Waals surface area contributed by atoms with Crippen LogP contribution in [0.5, 0.6) is 5.75 Å². The second kappa shape index (κ2) is 5.47. The highest BCUT2D eigenvalue weighted by Gasteiger charge is 2.33. The van der Waals surface area contributed by atoms with Crippen molar-refractivity contribution in [1.29, 1.82) is 0 Å². The van der Waals surface area contributed by atoms with Crippen LogP contribution in [0.1, 0.15) is 21.5 Å². The molecule has 0 fully saturated rings. The summed E-state index contributed by atoms with van der Waals surface area (Å²) in [5.74, 6) is -1.08. The molecule has 2 aromatic carbocycles. The van der Waals surface area contributed by atoms with E-state index in [1.165, 1.54) is 24.3 Å².